The summed E-state index contributed by atoms with van der Waals surface area (Å²) in [5, 5.41) is 28.1. The molecule has 2 rings (SSSR count). The molecule has 1 aliphatic rings. The van der Waals surface area contributed by atoms with E-state index in [2.05, 4.69) is 4.98 Å². The van der Waals surface area contributed by atoms with Crippen LogP contribution in [0.5, 0.6) is 0 Å². The molecule has 8 heteroatoms. The van der Waals surface area contributed by atoms with E-state index >= 15 is 0 Å². The lowest BCUT2D eigenvalue weighted by Crippen LogP contribution is -2.42. The highest BCUT2D eigenvalue weighted by molar-refractivity contribution is 4.93. The Bertz CT molecular complexity index is 480. The van der Waals surface area contributed by atoms with Gasteiger partial charge in [-0.1, -0.05) is 0 Å². The van der Waals surface area contributed by atoms with Crippen molar-refractivity contribution in [3.63, 3.8) is 0 Å². The number of nitrogens with zero attached hydrogens (tertiary/aromatic N) is 1. The molecule has 1 saturated heterocycles. The quantitative estimate of drug-likeness (QED) is 0.444. The molecule has 0 aromatic carbocycles. The summed E-state index contributed by atoms with van der Waals surface area (Å²) in [6.45, 7) is -0.520. The van der Waals surface area contributed by atoms with Crippen LogP contribution in [0.25, 0.3) is 0 Å². The van der Waals surface area contributed by atoms with Gasteiger partial charge in [0.15, 0.2) is 6.23 Å². The lowest BCUT2D eigenvalue weighted by molar-refractivity contribution is -0.0564. The lowest BCUT2D eigenvalue weighted by atomic mass is 10.1. The van der Waals surface area contributed by atoms with Gasteiger partial charge in [-0.05, 0) is 0 Å². The maximum Gasteiger partial charge on any atom is 0.330 e. The van der Waals surface area contributed by atoms with Crippen molar-refractivity contribution in [3.8, 4) is 0 Å². The molecule has 0 unspecified atom stereocenters. The summed E-state index contributed by atoms with van der Waals surface area (Å²) in [6.07, 6.45) is -3.96. The molecule has 2 heterocycles. The molecule has 4 atom stereocenters. The van der Waals surface area contributed by atoms with Crippen LogP contribution in [0.3, 0.4) is 0 Å². The molecule has 1 aromatic heterocycles. The molecular weight excluding hydrogens is 232 g/mol. The van der Waals surface area contributed by atoms with Gasteiger partial charge >= 0.3 is 5.69 Å². The number of H-pyrrole nitrogens is 1. The fourth-order valence-electron chi connectivity index (χ4n) is 1.77. The Hall–Kier alpha value is -1.48. The minimum absolute atomic E-state index is 0.520. The van der Waals surface area contributed by atoms with E-state index in [1.807, 2.05) is 0 Å². The molecule has 1 aliphatic heterocycles. The zero-order valence-electron chi connectivity index (χ0n) is 8.68. The number of aromatic nitrogens is 2. The molecule has 0 spiro atoms. The topological polar surface area (TPSA) is 125 Å². The molecule has 0 radical (unpaired) electrons. The van der Waals surface area contributed by atoms with Gasteiger partial charge in [-0.2, -0.15) is 0 Å². The number of hydrogen-bond donors (Lipinski definition) is 4. The first-order valence-corrected chi connectivity index (χ1v) is 4.99. The van der Waals surface area contributed by atoms with Crippen molar-refractivity contribution in [1.82, 2.24) is 9.55 Å². The first-order chi connectivity index (χ1) is 8.06. The molecule has 0 amide bonds. The van der Waals surface area contributed by atoms with E-state index in [0.29, 0.717) is 4.57 Å². The molecule has 0 bridgehead atoms. The van der Waals surface area contributed by atoms with E-state index in [0.717, 1.165) is 6.07 Å². The van der Waals surface area contributed by atoms with Gasteiger partial charge < -0.3 is 25.0 Å². The number of hydrogen-bond acceptors (Lipinski definition) is 6. The number of nitrogens with one attached hydrogen (secondary N) is 1. The van der Waals surface area contributed by atoms with Crippen molar-refractivity contribution in [2.24, 2.45) is 0 Å². The molecule has 4 N–H and O–H groups in total. The molecular formula is C9H12N2O6. The average molecular weight is 244 g/mol. The monoisotopic (exact) mass is 244 g/mol. The summed E-state index contributed by atoms with van der Waals surface area (Å²) in [5.41, 5.74) is -1.42. The molecule has 0 saturated carbocycles. The average Bonchev–Trinajstić information content (AvgIpc) is 2.57. The molecule has 1 aromatic rings. The van der Waals surface area contributed by atoms with E-state index in [9.17, 15) is 19.8 Å². The largest absolute Gasteiger partial charge is 0.394 e. The molecule has 1 fully saturated rings. The van der Waals surface area contributed by atoms with Crippen LogP contribution in [0.4, 0.5) is 0 Å². The van der Waals surface area contributed by atoms with E-state index < -0.39 is 42.4 Å². The summed E-state index contributed by atoms with van der Waals surface area (Å²) in [7, 11) is 0. The first-order valence-electron chi connectivity index (χ1n) is 4.99. The summed E-state index contributed by atoms with van der Waals surface area (Å²) in [6, 6.07) is 1.09. The number of aromatic amines is 1. The molecule has 0 aliphatic carbocycles. The van der Waals surface area contributed by atoms with Crippen molar-refractivity contribution in [1.29, 1.82) is 0 Å². The smallest absolute Gasteiger partial charge is 0.330 e. The summed E-state index contributed by atoms with van der Waals surface area (Å²) in [4.78, 5) is 25.2. The Labute approximate surface area is 94.7 Å². The van der Waals surface area contributed by atoms with Crippen molar-refractivity contribution in [2.75, 3.05) is 6.61 Å². The van der Waals surface area contributed by atoms with Gasteiger partial charge in [0.05, 0.1) is 6.61 Å². The van der Waals surface area contributed by atoms with E-state index in [4.69, 9.17) is 9.84 Å². The third kappa shape index (κ3) is 1.91. The lowest BCUT2D eigenvalue weighted by Gasteiger charge is -2.15. The van der Waals surface area contributed by atoms with Crippen LogP contribution in [0.1, 0.15) is 6.23 Å². The fourth-order valence-corrected chi connectivity index (χ4v) is 1.77. The second kappa shape index (κ2) is 4.41. The maximum absolute atomic E-state index is 11.5. The Morgan fingerprint density at radius 2 is 2.06 bits per heavy atom. The van der Waals surface area contributed by atoms with E-state index in [-0.39, 0.29) is 0 Å². The van der Waals surface area contributed by atoms with Crippen molar-refractivity contribution in [3.05, 3.63) is 33.1 Å². The van der Waals surface area contributed by atoms with Gasteiger partial charge in [-0.25, -0.2) is 9.36 Å². The van der Waals surface area contributed by atoms with Crippen LogP contribution < -0.4 is 11.2 Å². The highest BCUT2D eigenvalue weighted by Gasteiger charge is 2.44. The number of aliphatic hydroxyl groups is 3. The highest BCUT2D eigenvalue weighted by atomic mass is 16.6. The van der Waals surface area contributed by atoms with Crippen molar-refractivity contribution in [2.45, 2.75) is 24.5 Å². The normalized spacial score (nSPS) is 32.9. The van der Waals surface area contributed by atoms with Gasteiger partial charge in [0.25, 0.3) is 5.56 Å². The third-order valence-corrected chi connectivity index (χ3v) is 2.66. The second-order valence-electron chi connectivity index (χ2n) is 3.72. The van der Waals surface area contributed by atoms with Crippen LogP contribution in [0.2, 0.25) is 0 Å². The maximum atomic E-state index is 11.5. The van der Waals surface area contributed by atoms with Gasteiger partial charge in [-0.3, -0.25) is 4.79 Å². The van der Waals surface area contributed by atoms with Gasteiger partial charge in [-0.15, -0.1) is 0 Å². The van der Waals surface area contributed by atoms with Gasteiger partial charge in [0.2, 0.25) is 0 Å². The standard InChI is InChI=1S/C9H12N2O6/c12-3-4-6(14)7(15)8(17-4)11-5(13)1-2-10-9(11)16/h1-2,4,6-8,12,14-15H,3H2,(H,10,16)/t4-,6-,7+,8-/m1/s1. The second-order valence-corrected chi connectivity index (χ2v) is 3.72. The van der Waals surface area contributed by atoms with Crippen molar-refractivity contribution < 1.29 is 20.1 Å². The van der Waals surface area contributed by atoms with Crippen LogP contribution >= 0.6 is 0 Å². The first kappa shape index (κ1) is 12.0. The Morgan fingerprint density at radius 3 is 2.59 bits per heavy atom. The van der Waals surface area contributed by atoms with Crippen LogP contribution in [-0.4, -0.2) is 49.8 Å². The highest BCUT2D eigenvalue weighted by Crippen LogP contribution is 2.26. The summed E-state index contributed by atoms with van der Waals surface area (Å²) < 4.78 is 5.73. The number of ether oxygens (including phenoxy) is 1. The number of rotatable bonds is 2. The number of aliphatic hydroxyl groups excluding tert-OH is 3. The Morgan fingerprint density at radius 1 is 1.35 bits per heavy atom. The van der Waals surface area contributed by atoms with Gasteiger partial charge in [0, 0.05) is 12.3 Å². The fraction of sp³-hybridized carbons (Fsp3) is 0.556. The predicted molar refractivity (Wildman–Crippen MR) is 54.3 cm³/mol. The van der Waals surface area contributed by atoms with Gasteiger partial charge in [0.1, 0.15) is 18.3 Å². The third-order valence-electron chi connectivity index (χ3n) is 2.66. The minimum Gasteiger partial charge on any atom is -0.394 e. The van der Waals surface area contributed by atoms with Crippen LogP contribution in [0.15, 0.2) is 21.9 Å². The zero-order chi connectivity index (χ0) is 12.6. The molecule has 94 valence electrons. The van der Waals surface area contributed by atoms with Crippen LogP contribution in [-0.2, 0) is 4.74 Å². The minimum atomic E-state index is -1.45. The van der Waals surface area contributed by atoms with E-state index in [1.54, 1.807) is 0 Å². The molecule has 17 heavy (non-hydrogen) atoms. The van der Waals surface area contributed by atoms with Crippen LogP contribution in [0, 0.1) is 0 Å². The van der Waals surface area contributed by atoms with E-state index in [1.165, 1.54) is 6.20 Å². The summed E-state index contributed by atoms with van der Waals surface area (Å²) in [5.74, 6) is 0. The summed E-state index contributed by atoms with van der Waals surface area (Å²) >= 11 is 0. The SMILES string of the molecule is O=c1cc[nH]c(=O)n1[C@@H]1O[C@H](CO)[C@@H](O)[C@@H]1O. The zero-order valence-corrected chi connectivity index (χ0v) is 8.68. The van der Waals surface area contributed by atoms with Crippen molar-refractivity contribution >= 4 is 0 Å². The Balaban J connectivity index is 2.42. The Kier molecular flexibility index (Phi) is 3.11. The molecule has 8 nitrogen and oxygen atoms in total. The predicted octanol–water partition coefficient (Wildman–Crippen LogP) is -2.85.